The molecule has 0 heteroatoms. The Labute approximate surface area is 116 Å². The first kappa shape index (κ1) is 11.8. The summed E-state index contributed by atoms with van der Waals surface area (Å²) in [6.07, 6.45) is 15.3. The lowest BCUT2D eigenvalue weighted by Gasteiger charge is -2.56. The third kappa shape index (κ3) is 2.26. The Kier molecular flexibility index (Phi) is 2.79. The molecule has 1 aromatic carbocycles. The van der Waals surface area contributed by atoms with Crippen LogP contribution in [-0.2, 0) is 6.42 Å². The summed E-state index contributed by atoms with van der Waals surface area (Å²) in [7, 11) is 0. The minimum Gasteiger partial charge on any atom is -0.0836 e. The molecule has 0 heterocycles. The molecule has 19 heavy (non-hydrogen) atoms. The van der Waals surface area contributed by atoms with Crippen LogP contribution in [0, 0.1) is 23.2 Å². The molecular weight excluding hydrogens is 228 g/mol. The molecule has 0 amide bonds. The summed E-state index contributed by atoms with van der Waals surface area (Å²) >= 11 is 0. The van der Waals surface area contributed by atoms with Crippen molar-refractivity contribution in [3.05, 3.63) is 48.0 Å². The van der Waals surface area contributed by atoms with Gasteiger partial charge in [0.25, 0.3) is 0 Å². The average Bonchev–Trinajstić information content (AvgIpc) is 2.38. The minimum atomic E-state index is 0.601. The van der Waals surface area contributed by atoms with E-state index in [1.54, 1.807) is 19.3 Å². The predicted molar refractivity (Wildman–Crippen MR) is 79.9 cm³/mol. The van der Waals surface area contributed by atoms with Crippen LogP contribution in [0.2, 0.25) is 0 Å². The molecule has 4 aliphatic rings. The molecule has 0 aromatic heterocycles. The fourth-order valence-electron chi connectivity index (χ4n) is 5.44. The highest BCUT2D eigenvalue weighted by Crippen LogP contribution is 2.60. The highest BCUT2D eigenvalue weighted by Gasteiger charge is 2.49. The van der Waals surface area contributed by atoms with E-state index in [9.17, 15) is 0 Å². The van der Waals surface area contributed by atoms with E-state index in [2.05, 4.69) is 42.5 Å². The van der Waals surface area contributed by atoms with Gasteiger partial charge in [0.15, 0.2) is 0 Å². The lowest BCUT2D eigenvalue weighted by Crippen LogP contribution is -2.44. The molecule has 0 nitrogen and oxygen atoms in total. The van der Waals surface area contributed by atoms with Gasteiger partial charge in [0.1, 0.15) is 0 Å². The Hall–Kier alpha value is -1.04. The number of rotatable bonds is 3. The molecule has 0 unspecified atom stereocenters. The lowest BCUT2D eigenvalue weighted by molar-refractivity contribution is -0.0238. The highest BCUT2D eigenvalue weighted by molar-refractivity contribution is 5.19. The molecule has 0 aliphatic heterocycles. The Morgan fingerprint density at radius 3 is 2.05 bits per heavy atom. The molecule has 0 radical (unpaired) electrons. The van der Waals surface area contributed by atoms with Gasteiger partial charge in [-0.2, -0.15) is 0 Å². The van der Waals surface area contributed by atoms with Gasteiger partial charge in [0, 0.05) is 0 Å². The van der Waals surface area contributed by atoms with Crippen molar-refractivity contribution in [3.8, 4) is 0 Å². The SMILES string of the molecule is C(=C/C12CC3CC(CC(C3)C1)C2)/Cc1ccccc1. The maximum Gasteiger partial charge on any atom is -0.00972 e. The second-order valence-electron chi connectivity index (χ2n) is 7.37. The van der Waals surface area contributed by atoms with Gasteiger partial charge in [-0.05, 0) is 73.7 Å². The summed E-state index contributed by atoms with van der Waals surface area (Å²) in [5.74, 6) is 3.19. The molecule has 0 atom stereocenters. The molecule has 4 aliphatic carbocycles. The van der Waals surface area contributed by atoms with Crippen LogP contribution < -0.4 is 0 Å². The van der Waals surface area contributed by atoms with Crippen LogP contribution in [-0.4, -0.2) is 0 Å². The van der Waals surface area contributed by atoms with Crippen molar-refractivity contribution < 1.29 is 0 Å². The topological polar surface area (TPSA) is 0 Å². The fourth-order valence-corrected chi connectivity index (χ4v) is 5.44. The molecule has 4 fully saturated rings. The minimum absolute atomic E-state index is 0.601. The second kappa shape index (κ2) is 4.51. The van der Waals surface area contributed by atoms with E-state index < -0.39 is 0 Å². The van der Waals surface area contributed by atoms with Crippen molar-refractivity contribution in [2.75, 3.05) is 0 Å². The zero-order chi connectivity index (χ0) is 12.7. The molecule has 5 rings (SSSR count). The molecular formula is C19H24. The normalized spacial score (nSPS) is 40.1. The summed E-state index contributed by atoms with van der Waals surface area (Å²) in [5.41, 5.74) is 2.05. The van der Waals surface area contributed by atoms with Crippen molar-refractivity contribution in [1.82, 2.24) is 0 Å². The third-order valence-corrected chi connectivity index (χ3v) is 5.75. The smallest absolute Gasteiger partial charge is 0.00972 e. The van der Waals surface area contributed by atoms with Crippen LogP contribution in [0.3, 0.4) is 0 Å². The quantitative estimate of drug-likeness (QED) is 0.664. The Morgan fingerprint density at radius 2 is 1.47 bits per heavy atom. The van der Waals surface area contributed by atoms with Gasteiger partial charge < -0.3 is 0 Å². The number of hydrogen-bond acceptors (Lipinski definition) is 0. The van der Waals surface area contributed by atoms with Crippen LogP contribution in [0.15, 0.2) is 42.5 Å². The molecule has 0 saturated heterocycles. The monoisotopic (exact) mass is 252 g/mol. The number of allylic oxidation sites excluding steroid dienone is 2. The van der Waals surface area contributed by atoms with Crippen LogP contribution in [0.25, 0.3) is 0 Å². The van der Waals surface area contributed by atoms with Gasteiger partial charge >= 0.3 is 0 Å². The number of benzene rings is 1. The first-order chi connectivity index (χ1) is 9.31. The van der Waals surface area contributed by atoms with Gasteiger partial charge in [-0.1, -0.05) is 42.5 Å². The summed E-state index contributed by atoms with van der Waals surface area (Å²) in [6.45, 7) is 0. The summed E-state index contributed by atoms with van der Waals surface area (Å²) in [4.78, 5) is 0. The van der Waals surface area contributed by atoms with Gasteiger partial charge in [0.05, 0.1) is 0 Å². The van der Waals surface area contributed by atoms with Gasteiger partial charge in [-0.3, -0.25) is 0 Å². The average molecular weight is 252 g/mol. The molecule has 0 N–H and O–H groups in total. The van der Waals surface area contributed by atoms with Crippen molar-refractivity contribution >= 4 is 0 Å². The lowest BCUT2D eigenvalue weighted by atomic mass is 9.49. The van der Waals surface area contributed by atoms with Crippen LogP contribution in [0.5, 0.6) is 0 Å². The second-order valence-corrected chi connectivity index (χ2v) is 7.37. The Bertz CT molecular complexity index is 433. The zero-order valence-electron chi connectivity index (χ0n) is 11.7. The van der Waals surface area contributed by atoms with E-state index in [0.717, 1.165) is 24.2 Å². The zero-order valence-corrected chi connectivity index (χ0v) is 11.7. The van der Waals surface area contributed by atoms with E-state index >= 15 is 0 Å². The van der Waals surface area contributed by atoms with Gasteiger partial charge in [0.2, 0.25) is 0 Å². The van der Waals surface area contributed by atoms with E-state index in [4.69, 9.17) is 0 Å². The van der Waals surface area contributed by atoms with Crippen molar-refractivity contribution in [1.29, 1.82) is 0 Å². The van der Waals surface area contributed by atoms with Crippen LogP contribution >= 0.6 is 0 Å². The van der Waals surface area contributed by atoms with Crippen LogP contribution in [0.4, 0.5) is 0 Å². The maximum atomic E-state index is 2.62. The third-order valence-electron chi connectivity index (χ3n) is 5.75. The predicted octanol–water partition coefficient (Wildman–Crippen LogP) is 5.00. The summed E-state index contributed by atoms with van der Waals surface area (Å²) in [6, 6.07) is 10.9. The molecule has 4 bridgehead atoms. The molecule has 0 spiro atoms. The first-order valence-corrected chi connectivity index (χ1v) is 8.03. The molecule has 1 aromatic rings. The standard InChI is InChI=1S/C19H24/c1-2-5-15(6-3-1)7-4-8-19-12-16-9-17(13-19)11-18(10-16)14-19/h1-6,8,16-18H,7,9-14H2/b8-4-. The molecule has 4 saturated carbocycles. The molecule has 100 valence electrons. The maximum absolute atomic E-state index is 2.62. The number of hydrogen-bond donors (Lipinski definition) is 0. The van der Waals surface area contributed by atoms with Gasteiger partial charge in [-0.15, -0.1) is 0 Å². The summed E-state index contributed by atoms with van der Waals surface area (Å²) in [5, 5.41) is 0. The van der Waals surface area contributed by atoms with E-state index in [1.807, 2.05) is 0 Å². The van der Waals surface area contributed by atoms with E-state index in [1.165, 1.54) is 24.8 Å². The van der Waals surface area contributed by atoms with E-state index in [0.29, 0.717) is 5.41 Å². The van der Waals surface area contributed by atoms with Crippen molar-refractivity contribution in [3.63, 3.8) is 0 Å². The Morgan fingerprint density at radius 1 is 0.895 bits per heavy atom. The van der Waals surface area contributed by atoms with Gasteiger partial charge in [-0.25, -0.2) is 0 Å². The summed E-state index contributed by atoms with van der Waals surface area (Å²) < 4.78 is 0. The highest BCUT2D eigenvalue weighted by atomic mass is 14.5. The Balaban J connectivity index is 1.47. The van der Waals surface area contributed by atoms with E-state index in [-0.39, 0.29) is 0 Å². The first-order valence-electron chi connectivity index (χ1n) is 8.03. The fraction of sp³-hybridized carbons (Fsp3) is 0.579. The van der Waals surface area contributed by atoms with Crippen molar-refractivity contribution in [2.45, 2.75) is 44.9 Å². The van der Waals surface area contributed by atoms with Crippen molar-refractivity contribution in [2.24, 2.45) is 23.2 Å². The largest absolute Gasteiger partial charge is 0.0836 e. The van der Waals surface area contributed by atoms with Crippen LogP contribution in [0.1, 0.15) is 44.1 Å².